The van der Waals surface area contributed by atoms with E-state index in [1.54, 1.807) is 0 Å². The van der Waals surface area contributed by atoms with E-state index in [-0.39, 0.29) is 33.6 Å². The van der Waals surface area contributed by atoms with Gasteiger partial charge in [0.25, 0.3) is 5.56 Å². The van der Waals surface area contributed by atoms with Crippen molar-refractivity contribution in [2.75, 3.05) is 14.2 Å². The predicted molar refractivity (Wildman–Crippen MR) is 97.5 cm³/mol. The van der Waals surface area contributed by atoms with E-state index in [2.05, 4.69) is 29.9 Å². The zero-order chi connectivity index (χ0) is 19.6. The molecule has 27 heavy (non-hydrogen) atoms. The summed E-state index contributed by atoms with van der Waals surface area (Å²) >= 11 is 6.16. The largest absolute Gasteiger partial charge is 0.469 e. The fourth-order valence-corrected chi connectivity index (χ4v) is 2.81. The van der Waals surface area contributed by atoms with E-state index in [9.17, 15) is 14.4 Å². The van der Waals surface area contributed by atoms with E-state index >= 15 is 0 Å². The molecule has 10 nitrogen and oxygen atoms in total. The molecule has 3 rings (SSSR count). The minimum absolute atomic E-state index is 0.0304. The van der Waals surface area contributed by atoms with Crippen molar-refractivity contribution in [3.63, 3.8) is 0 Å². The molecule has 0 amide bonds. The lowest BCUT2D eigenvalue weighted by Gasteiger charge is -2.03. The van der Waals surface area contributed by atoms with Gasteiger partial charge in [-0.15, -0.1) is 0 Å². The number of aromatic nitrogens is 3. The Bertz CT molecular complexity index is 1140. The molecule has 1 aliphatic rings. The molecule has 1 aliphatic heterocycles. The van der Waals surface area contributed by atoms with Crippen LogP contribution in [0.4, 0.5) is 0 Å². The summed E-state index contributed by atoms with van der Waals surface area (Å²) < 4.78 is 9.42. The number of esters is 2. The van der Waals surface area contributed by atoms with Gasteiger partial charge in [0.1, 0.15) is 10.5 Å². The zero-order valence-electron chi connectivity index (χ0n) is 14.3. The summed E-state index contributed by atoms with van der Waals surface area (Å²) in [4.78, 5) is 47.0. The number of nitrogens with one attached hydrogen (secondary N) is 3. The summed E-state index contributed by atoms with van der Waals surface area (Å²) in [7, 11) is 2.42. The molecule has 11 heteroatoms. The lowest BCUT2D eigenvalue weighted by atomic mass is 10.1. The molecule has 140 valence electrons. The summed E-state index contributed by atoms with van der Waals surface area (Å²) in [6.45, 7) is 0. The number of methoxy groups -OCH3 is 2. The van der Waals surface area contributed by atoms with E-state index in [1.165, 1.54) is 32.7 Å². The summed E-state index contributed by atoms with van der Waals surface area (Å²) in [5.74, 6) is -1.01. The van der Waals surface area contributed by atoms with Gasteiger partial charge in [0.05, 0.1) is 37.1 Å². The van der Waals surface area contributed by atoms with E-state index in [4.69, 9.17) is 16.3 Å². The first-order chi connectivity index (χ1) is 13.0. The molecule has 3 N–H and O–H groups in total. The second-order valence-corrected chi connectivity index (χ2v) is 5.72. The number of hydrogen-bond donors (Lipinski definition) is 3. The lowest BCUT2D eigenvalue weighted by molar-refractivity contribution is -0.139. The second-order valence-electron chi connectivity index (χ2n) is 5.34. The first-order valence-corrected chi connectivity index (χ1v) is 7.99. The Morgan fingerprint density at radius 2 is 1.89 bits per heavy atom. The monoisotopic (exact) mass is 391 g/mol. The maximum absolute atomic E-state index is 12.3. The van der Waals surface area contributed by atoms with Gasteiger partial charge in [0.15, 0.2) is 5.82 Å². The Morgan fingerprint density at radius 3 is 2.52 bits per heavy atom. The third-order valence-electron chi connectivity index (χ3n) is 3.81. The maximum Gasteiger partial charge on any atom is 0.340 e. The van der Waals surface area contributed by atoms with Gasteiger partial charge in [-0.3, -0.25) is 19.8 Å². The SMILES string of the molecule is COC(=O)Cc1c(Cl)[nH]c(/C=c2/c(=O)[nH][nH]c2=C2N=CC=N2)c1C(=O)OC. The topological polar surface area (TPSA) is 142 Å². The number of hydrogen-bond acceptors (Lipinski definition) is 7. The summed E-state index contributed by atoms with van der Waals surface area (Å²) in [6, 6.07) is 0. The molecule has 2 aromatic rings. The molecule has 0 spiro atoms. The molecule has 0 unspecified atom stereocenters. The Balaban J connectivity index is 2.27. The van der Waals surface area contributed by atoms with Gasteiger partial charge in [-0.25, -0.2) is 14.8 Å². The minimum atomic E-state index is -0.721. The summed E-state index contributed by atoms with van der Waals surface area (Å²) in [6.07, 6.45) is 4.11. The number of ether oxygens (including phenoxy) is 2. The van der Waals surface area contributed by atoms with Crippen LogP contribution < -0.4 is 16.1 Å². The maximum atomic E-state index is 12.3. The second kappa shape index (κ2) is 7.46. The highest BCUT2D eigenvalue weighted by Crippen LogP contribution is 2.25. The van der Waals surface area contributed by atoms with Crippen molar-refractivity contribution >= 4 is 47.9 Å². The van der Waals surface area contributed by atoms with Gasteiger partial charge in [-0.2, -0.15) is 0 Å². The lowest BCUT2D eigenvalue weighted by Crippen LogP contribution is -2.34. The van der Waals surface area contributed by atoms with E-state index < -0.39 is 17.5 Å². The minimum Gasteiger partial charge on any atom is -0.469 e. The average molecular weight is 392 g/mol. The molecule has 0 atom stereocenters. The molecule has 2 aromatic heterocycles. The number of aromatic amines is 3. The van der Waals surface area contributed by atoms with Gasteiger partial charge >= 0.3 is 11.9 Å². The van der Waals surface area contributed by atoms with Crippen LogP contribution in [0.2, 0.25) is 5.15 Å². The van der Waals surface area contributed by atoms with Crippen LogP contribution >= 0.6 is 11.6 Å². The Hall–Kier alpha value is -3.40. The van der Waals surface area contributed by atoms with Crippen LogP contribution in [0.1, 0.15) is 21.6 Å². The highest BCUT2D eigenvalue weighted by molar-refractivity contribution is 6.31. The van der Waals surface area contributed by atoms with E-state index in [0.29, 0.717) is 11.2 Å². The van der Waals surface area contributed by atoms with Gasteiger partial charge in [-0.05, 0) is 6.08 Å². The molecule has 0 aliphatic carbocycles. The normalized spacial score (nSPS) is 13.4. The Labute approximate surface area is 156 Å². The molecule has 0 saturated carbocycles. The molecule has 0 fully saturated rings. The molecule has 0 saturated heterocycles. The predicted octanol–water partition coefficient (Wildman–Crippen LogP) is -0.764. The van der Waals surface area contributed by atoms with Crippen LogP contribution in [0.3, 0.4) is 0 Å². The molecular formula is C16H14ClN5O5. The van der Waals surface area contributed by atoms with Crippen LogP contribution in [0, 0.1) is 0 Å². The first kappa shape index (κ1) is 18.4. The van der Waals surface area contributed by atoms with Crippen LogP contribution in [0.15, 0.2) is 14.8 Å². The number of rotatable bonds is 4. The highest BCUT2D eigenvalue weighted by Gasteiger charge is 2.24. The fourth-order valence-electron chi connectivity index (χ4n) is 2.55. The quantitative estimate of drug-likeness (QED) is 0.587. The van der Waals surface area contributed by atoms with Crippen molar-refractivity contribution in [2.45, 2.75) is 6.42 Å². The van der Waals surface area contributed by atoms with Crippen LogP contribution in [0.5, 0.6) is 0 Å². The first-order valence-electron chi connectivity index (χ1n) is 7.61. The summed E-state index contributed by atoms with van der Waals surface area (Å²) in [5, 5.41) is 5.70. The number of aliphatic imine (C=N–C) groups is 2. The number of H-pyrrole nitrogens is 3. The number of carbonyl (C=O) groups excluding carboxylic acids is 2. The van der Waals surface area contributed by atoms with Gasteiger partial charge in [0.2, 0.25) is 0 Å². The highest BCUT2D eigenvalue weighted by atomic mass is 35.5. The van der Waals surface area contributed by atoms with E-state index in [1.807, 2.05) is 0 Å². The number of carbonyl (C=O) groups is 2. The summed E-state index contributed by atoms with van der Waals surface area (Å²) in [5.41, 5.74) is -0.0166. The van der Waals surface area contributed by atoms with Crippen LogP contribution in [-0.2, 0) is 20.7 Å². The van der Waals surface area contributed by atoms with Gasteiger partial charge in [-0.1, -0.05) is 11.6 Å². The van der Waals surface area contributed by atoms with E-state index in [0.717, 1.165) is 0 Å². The molecule has 0 radical (unpaired) electrons. The number of nitrogens with zero attached hydrogens (tertiary/aromatic N) is 2. The molecule has 0 bridgehead atoms. The van der Waals surface area contributed by atoms with Crippen LogP contribution in [-0.4, -0.2) is 53.8 Å². The smallest absolute Gasteiger partial charge is 0.340 e. The van der Waals surface area contributed by atoms with Crippen molar-refractivity contribution in [1.82, 2.24) is 15.2 Å². The van der Waals surface area contributed by atoms with Gasteiger partial charge in [0, 0.05) is 18.0 Å². The fraction of sp³-hybridized carbons (Fsp3) is 0.188. The van der Waals surface area contributed by atoms with Crippen molar-refractivity contribution in [3.8, 4) is 0 Å². The molecule has 3 heterocycles. The third-order valence-corrected chi connectivity index (χ3v) is 4.13. The standard InChI is InChI=1S/C16H14ClN5O5/c1-26-10(23)6-7-11(16(25)27-2)9(20-13(7)17)5-8-12(21-22-15(8)24)14-18-3-4-19-14/h3-5,20-21H,6H2,1-2H3,(H,22,24)/b8-5+. The van der Waals surface area contributed by atoms with Crippen molar-refractivity contribution < 1.29 is 19.1 Å². The third kappa shape index (κ3) is 3.47. The average Bonchev–Trinajstić information content (AvgIpc) is 3.36. The van der Waals surface area contributed by atoms with Crippen molar-refractivity contribution in [2.24, 2.45) is 9.98 Å². The van der Waals surface area contributed by atoms with Gasteiger partial charge < -0.3 is 14.5 Å². The van der Waals surface area contributed by atoms with Crippen molar-refractivity contribution in [1.29, 1.82) is 0 Å². The van der Waals surface area contributed by atoms with Crippen LogP contribution in [0.25, 0.3) is 11.9 Å². The molecular weight excluding hydrogens is 378 g/mol. The van der Waals surface area contributed by atoms with Crippen molar-refractivity contribution in [3.05, 3.63) is 42.9 Å². The molecule has 0 aromatic carbocycles. The number of halogens is 1. The Morgan fingerprint density at radius 1 is 1.19 bits per heavy atom. The Kier molecular flexibility index (Phi) is 5.08. The zero-order valence-corrected chi connectivity index (χ0v) is 15.0.